The standard InChI is InChI=1S/C23H21N3O3S/c1-26-11-10-17-18(13-26)30-22-19(17)21(27)24-20(25-22)15-8-5-9-16(12-15)29-23(28)14-6-3-2-4-7-14/h2-9,12,20,25H,10-11,13H2,1H3,(H,24,27). The largest absolute Gasteiger partial charge is 0.423 e. The Balaban J connectivity index is 1.38. The van der Waals surface area contributed by atoms with Gasteiger partial charge in [0.15, 0.2) is 0 Å². The number of nitrogens with one attached hydrogen (secondary N) is 2. The first-order valence-corrected chi connectivity index (χ1v) is 10.7. The Labute approximate surface area is 178 Å². The Hall–Kier alpha value is -3.16. The summed E-state index contributed by atoms with van der Waals surface area (Å²) in [4.78, 5) is 28.8. The minimum atomic E-state index is -0.411. The molecular weight excluding hydrogens is 398 g/mol. The van der Waals surface area contributed by atoms with Crippen LogP contribution in [-0.4, -0.2) is 30.4 Å². The molecule has 1 amide bonds. The summed E-state index contributed by atoms with van der Waals surface area (Å²) in [5.41, 5.74) is 3.27. The molecule has 2 aliphatic rings. The van der Waals surface area contributed by atoms with Gasteiger partial charge in [0.25, 0.3) is 5.91 Å². The predicted octanol–water partition coefficient (Wildman–Crippen LogP) is 3.81. The third-order valence-electron chi connectivity index (χ3n) is 5.44. The lowest BCUT2D eigenvalue weighted by molar-refractivity contribution is 0.0734. The fraction of sp³-hybridized carbons (Fsp3) is 0.217. The van der Waals surface area contributed by atoms with Crippen molar-refractivity contribution in [3.63, 3.8) is 0 Å². The smallest absolute Gasteiger partial charge is 0.343 e. The molecule has 2 aliphatic heterocycles. The zero-order valence-corrected chi connectivity index (χ0v) is 17.3. The first-order chi connectivity index (χ1) is 14.6. The van der Waals surface area contributed by atoms with E-state index in [0.29, 0.717) is 11.3 Å². The maximum atomic E-state index is 12.9. The van der Waals surface area contributed by atoms with Gasteiger partial charge in [-0.1, -0.05) is 30.3 Å². The lowest BCUT2D eigenvalue weighted by Gasteiger charge is -2.27. The molecule has 0 bridgehead atoms. The highest BCUT2D eigenvalue weighted by Crippen LogP contribution is 2.40. The number of thiophene rings is 1. The molecule has 3 aromatic rings. The Morgan fingerprint density at radius 1 is 1.13 bits per heavy atom. The molecule has 3 heterocycles. The molecule has 1 unspecified atom stereocenters. The third-order valence-corrected chi connectivity index (χ3v) is 6.59. The number of fused-ring (bicyclic) bond motifs is 3. The Morgan fingerprint density at radius 3 is 2.80 bits per heavy atom. The summed E-state index contributed by atoms with van der Waals surface area (Å²) in [5, 5.41) is 7.42. The van der Waals surface area contributed by atoms with E-state index in [1.807, 2.05) is 18.2 Å². The average molecular weight is 420 g/mol. The van der Waals surface area contributed by atoms with E-state index in [1.165, 1.54) is 10.4 Å². The molecule has 1 atom stereocenters. The minimum Gasteiger partial charge on any atom is -0.423 e. The highest BCUT2D eigenvalue weighted by Gasteiger charge is 2.32. The van der Waals surface area contributed by atoms with Crippen molar-refractivity contribution in [1.82, 2.24) is 10.2 Å². The van der Waals surface area contributed by atoms with Gasteiger partial charge in [-0.2, -0.15) is 0 Å². The Bertz CT molecular complexity index is 1130. The van der Waals surface area contributed by atoms with Crippen molar-refractivity contribution >= 4 is 28.2 Å². The molecule has 1 aromatic heterocycles. The highest BCUT2D eigenvalue weighted by atomic mass is 32.1. The van der Waals surface area contributed by atoms with Gasteiger partial charge in [-0.25, -0.2) is 4.79 Å². The quantitative estimate of drug-likeness (QED) is 0.499. The topological polar surface area (TPSA) is 70.7 Å². The maximum absolute atomic E-state index is 12.9. The summed E-state index contributed by atoms with van der Waals surface area (Å²) in [6, 6.07) is 16.1. The van der Waals surface area contributed by atoms with E-state index in [-0.39, 0.29) is 12.1 Å². The third kappa shape index (κ3) is 3.46. The molecule has 0 spiro atoms. The number of nitrogens with zero attached hydrogens (tertiary/aromatic N) is 1. The van der Waals surface area contributed by atoms with E-state index in [2.05, 4.69) is 22.6 Å². The van der Waals surface area contributed by atoms with E-state index >= 15 is 0 Å². The van der Waals surface area contributed by atoms with Crippen LogP contribution in [0.2, 0.25) is 0 Å². The molecule has 2 aromatic carbocycles. The van der Waals surface area contributed by atoms with Crippen molar-refractivity contribution in [2.24, 2.45) is 0 Å². The minimum absolute atomic E-state index is 0.0533. The molecule has 7 heteroatoms. The van der Waals surface area contributed by atoms with Crippen LogP contribution in [0.15, 0.2) is 54.6 Å². The zero-order valence-electron chi connectivity index (χ0n) is 16.5. The molecule has 0 radical (unpaired) electrons. The number of carbonyl (C=O) groups excluding carboxylic acids is 2. The van der Waals surface area contributed by atoms with E-state index in [4.69, 9.17) is 4.74 Å². The number of anilines is 1. The molecule has 0 aliphatic carbocycles. The number of esters is 1. The summed E-state index contributed by atoms with van der Waals surface area (Å²) >= 11 is 1.66. The molecule has 2 N–H and O–H groups in total. The van der Waals surface area contributed by atoms with Crippen LogP contribution in [0.25, 0.3) is 0 Å². The number of benzene rings is 2. The summed E-state index contributed by atoms with van der Waals surface area (Å²) in [5.74, 6) is -0.0245. The van der Waals surface area contributed by atoms with Crippen molar-refractivity contribution in [3.05, 3.63) is 81.7 Å². The first-order valence-electron chi connectivity index (χ1n) is 9.86. The fourth-order valence-corrected chi connectivity index (χ4v) is 5.26. The van der Waals surface area contributed by atoms with Crippen LogP contribution in [0.4, 0.5) is 5.00 Å². The summed E-state index contributed by atoms with van der Waals surface area (Å²) in [6.07, 6.45) is 0.515. The molecule has 6 nitrogen and oxygen atoms in total. The lowest BCUT2D eigenvalue weighted by Crippen LogP contribution is -2.38. The second-order valence-electron chi connectivity index (χ2n) is 7.57. The van der Waals surface area contributed by atoms with Crippen molar-refractivity contribution in [2.75, 3.05) is 18.9 Å². The van der Waals surface area contributed by atoms with Crippen molar-refractivity contribution < 1.29 is 14.3 Å². The second kappa shape index (κ2) is 7.59. The normalized spacial score (nSPS) is 18.0. The van der Waals surface area contributed by atoms with Crippen LogP contribution in [0.5, 0.6) is 5.75 Å². The number of hydrogen-bond acceptors (Lipinski definition) is 6. The van der Waals surface area contributed by atoms with Gasteiger partial charge in [0.05, 0.1) is 11.1 Å². The summed E-state index contributed by atoms with van der Waals surface area (Å²) in [7, 11) is 2.10. The molecule has 152 valence electrons. The van der Waals surface area contributed by atoms with Gasteiger partial charge in [-0.05, 0) is 48.9 Å². The van der Waals surface area contributed by atoms with Gasteiger partial charge >= 0.3 is 5.97 Å². The van der Waals surface area contributed by atoms with E-state index < -0.39 is 5.97 Å². The number of hydrogen-bond donors (Lipinski definition) is 2. The van der Waals surface area contributed by atoms with Gasteiger partial charge in [-0.3, -0.25) is 4.79 Å². The van der Waals surface area contributed by atoms with E-state index in [9.17, 15) is 9.59 Å². The molecule has 5 rings (SSSR count). The van der Waals surface area contributed by atoms with Gasteiger partial charge in [-0.15, -0.1) is 11.3 Å². The molecule has 0 fully saturated rings. The van der Waals surface area contributed by atoms with Gasteiger partial charge < -0.3 is 20.3 Å². The second-order valence-corrected chi connectivity index (χ2v) is 8.68. The Kier molecular flexibility index (Phi) is 4.77. The van der Waals surface area contributed by atoms with Crippen LogP contribution in [0.3, 0.4) is 0 Å². The molecule has 30 heavy (non-hydrogen) atoms. The van der Waals surface area contributed by atoms with E-state index in [1.54, 1.807) is 47.7 Å². The van der Waals surface area contributed by atoms with Crippen molar-refractivity contribution in [1.29, 1.82) is 0 Å². The zero-order chi connectivity index (χ0) is 20.7. The number of rotatable bonds is 3. The van der Waals surface area contributed by atoms with Crippen LogP contribution >= 0.6 is 11.3 Å². The fourth-order valence-electron chi connectivity index (χ4n) is 3.91. The van der Waals surface area contributed by atoms with Crippen LogP contribution in [0, 0.1) is 0 Å². The Morgan fingerprint density at radius 2 is 1.97 bits per heavy atom. The van der Waals surface area contributed by atoms with Crippen LogP contribution in [-0.2, 0) is 13.0 Å². The predicted molar refractivity (Wildman–Crippen MR) is 116 cm³/mol. The van der Waals surface area contributed by atoms with Crippen LogP contribution < -0.4 is 15.4 Å². The van der Waals surface area contributed by atoms with Crippen molar-refractivity contribution in [3.8, 4) is 5.75 Å². The van der Waals surface area contributed by atoms with Gasteiger partial charge in [0.1, 0.15) is 16.9 Å². The van der Waals surface area contributed by atoms with E-state index in [0.717, 1.165) is 35.6 Å². The maximum Gasteiger partial charge on any atom is 0.343 e. The highest BCUT2D eigenvalue weighted by molar-refractivity contribution is 7.16. The first kappa shape index (κ1) is 18.8. The average Bonchev–Trinajstić information content (AvgIpc) is 3.12. The van der Waals surface area contributed by atoms with Gasteiger partial charge in [0, 0.05) is 18.0 Å². The number of carbonyl (C=O) groups is 2. The summed E-state index contributed by atoms with van der Waals surface area (Å²) < 4.78 is 5.52. The number of ether oxygens (including phenoxy) is 1. The monoisotopic (exact) mass is 419 g/mol. The molecule has 0 saturated carbocycles. The van der Waals surface area contributed by atoms with Gasteiger partial charge in [0.2, 0.25) is 0 Å². The molecular formula is C23H21N3O3S. The lowest BCUT2D eigenvalue weighted by atomic mass is 10.0. The molecule has 0 saturated heterocycles. The number of amides is 1. The SMILES string of the molecule is CN1CCc2c(sc3c2C(=O)NC(c2cccc(OC(=O)c4ccccc4)c2)N3)C1. The van der Waals surface area contributed by atoms with Crippen molar-refractivity contribution in [2.45, 2.75) is 19.1 Å². The number of likely N-dealkylation sites (N-methyl/N-ethyl adjacent to an activating group) is 1. The van der Waals surface area contributed by atoms with Crippen LogP contribution in [0.1, 0.15) is 42.9 Å². The summed E-state index contributed by atoms with van der Waals surface area (Å²) in [6.45, 7) is 1.83.